The summed E-state index contributed by atoms with van der Waals surface area (Å²) in [6.07, 6.45) is 0. The SMILES string of the molecule is CC(C)=C1Sc2cscc2N1C. The number of hydrogen-bond donors (Lipinski definition) is 0. The number of rotatable bonds is 0. The van der Waals surface area contributed by atoms with Gasteiger partial charge in [-0.2, -0.15) is 0 Å². The van der Waals surface area contributed by atoms with Crippen molar-refractivity contribution in [3.05, 3.63) is 21.4 Å². The maximum absolute atomic E-state index is 2.27. The molecule has 1 aliphatic heterocycles. The van der Waals surface area contributed by atoms with E-state index in [4.69, 9.17) is 0 Å². The van der Waals surface area contributed by atoms with E-state index < -0.39 is 0 Å². The highest BCUT2D eigenvalue weighted by atomic mass is 32.2. The molecule has 0 unspecified atom stereocenters. The summed E-state index contributed by atoms with van der Waals surface area (Å²) in [5, 5.41) is 5.80. The molecule has 3 heteroatoms. The van der Waals surface area contributed by atoms with Crippen molar-refractivity contribution in [2.45, 2.75) is 18.7 Å². The number of nitrogens with zero attached hydrogens (tertiary/aromatic N) is 1. The molecule has 0 fully saturated rings. The monoisotopic (exact) mass is 197 g/mol. The molecule has 12 heavy (non-hydrogen) atoms. The molecular weight excluding hydrogens is 186 g/mol. The minimum atomic E-state index is 1.36. The van der Waals surface area contributed by atoms with E-state index in [2.05, 4.69) is 36.6 Å². The third-order valence-corrected chi connectivity index (χ3v) is 4.21. The number of hydrogen-bond acceptors (Lipinski definition) is 3. The van der Waals surface area contributed by atoms with E-state index in [1.54, 1.807) is 11.3 Å². The molecule has 1 aromatic rings. The maximum Gasteiger partial charge on any atom is 0.0785 e. The summed E-state index contributed by atoms with van der Waals surface area (Å²) in [6, 6.07) is 0. The first-order valence-electron chi connectivity index (χ1n) is 3.85. The Morgan fingerprint density at radius 2 is 2.08 bits per heavy atom. The molecular formula is C9H11NS2. The summed E-state index contributed by atoms with van der Waals surface area (Å²) >= 11 is 3.65. The van der Waals surface area contributed by atoms with Gasteiger partial charge in [0, 0.05) is 22.7 Å². The van der Waals surface area contributed by atoms with Crippen LogP contribution in [0.5, 0.6) is 0 Å². The Hall–Kier alpha value is -0.410. The van der Waals surface area contributed by atoms with E-state index in [0.717, 1.165) is 0 Å². The highest BCUT2D eigenvalue weighted by Crippen LogP contribution is 2.47. The third-order valence-electron chi connectivity index (χ3n) is 1.91. The Morgan fingerprint density at radius 3 is 2.67 bits per heavy atom. The van der Waals surface area contributed by atoms with Gasteiger partial charge in [-0.1, -0.05) is 11.8 Å². The van der Waals surface area contributed by atoms with Crippen LogP contribution >= 0.6 is 23.1 Å². The van der Waals surface area contributed by atoms with E-state index in [9.17, 15) is 0 Å². The minimum absolute atomic E-state index is 1.36. The third kappa shape index (κ3) is 1.08. The van der Waals surface area contributed by atoms with Crippen LogP contribution in [-0.2, 0) is 0 Å². The predicted molar refractivity (Wildman–Crippen MR) is 57.0 cm³/mol. The van der Waals surface area contributed by atoms with Crippen molar-refractivity contribution >= 4 is 28.8 Å². The first-order chi connectivity index (χ1) is 5.70. The summed E-state index contributed by atoms with van der Waals surface area (Å²) in [5.41, 5.74) is 2.75. The van der Waals surface area contributed by atoms with Crippen LogP contribution in [0.1, 0.15) is 13.8 Å². The zero-order chi connectivity index (χ0) is 8.72. The minimum Gasteiger partial charge on any atom is -0.338 e. The van der Waals surface area contributed by atoms with E-state index >= 15 is 0 Å². The Morgan fingerprint density at radius 1 is 1.33 bits per heavy atom. The van der Waals surface area contributed by atoms with Crippen molar-refractivity contribution < 1.29 is 0 Å². The molecule has 0 radical (unpaired) electrons. The Kier molecular flexibility index (Phi) is 1.93. The van der Waals surface area contributed by atoms with Gasteiger partial charge in [0.2, 0.25) is 0 Å². The number of anilines is 1. The molecule has 1 nitrogen and oxygen atoms in total. The number of allylic oxidation sites excluding steroid dienone is 1. The number of fused-ring (bicyclic) bond motifs is 1. The molecule has 0 atom stereocenters. The largest absolute Gasteiger partial charge is 0.338 e. The normalized spacial score (nSPS) is 15.2. The van der Waals surface area contributed by atoms with Crippen molar-refractivity contribution in [2.24, 2.45) is 0 Å². The molecule has 2 heterocycles. The van der Waals surface area contributed by atoms with Gasteiger partial charge in [0.05, 0.1) is 10.7 Å². The van der Waals surface area contributed by atoms with Gasteiger partial charge in [-0.15, -0.1) is 11.3 Å². The lowest BCUT2D eigenvalue weighted by molar-refractivity contribution is 1.15. The molecule has 64 valence electrons. The highest BCUT2D eigenvalue weighted by Gasteiger charge is 2.22. The average Bonchev–Trinajstić information content (AvgIpc) is 2.53. The number of thioether (sulfide) groups is 1. The standard InChI is InChI=1S/C9H11NS2/c1-6(2)9-10(3)7-4-11-5-8(7)12-9/h4-5H,1-3H3. The lowest BCUT2D eigenvalue weighted by atomic mass is 10.3. The maximum atomic E-state index is 2.27. The van der Waals surface area contributed by atoms with Crippen molar-refractivity contribution in [2.75, 3.05) is 11.9 Å². The van der Waals surface area contributed by atoms with Crippen LogP contribution in [0.3, 0.4) is 0 Å². The molecule has 1 aliphatic rings. The van der Waals surface area contributed by atoms with Crippen LogP contribution in [0.2, 0.25) is 0 Å². The molecule has 0 bridgehead atoms. The summed E-state index contributed by atoms with van der Waals surface area (Å²) in [6.45, 7) is 4.32. The summed E-state index contributed by atoms with van der Waals surface area (Å²) < 4.78 is 0. The molecule has 2 rings (SSSR count). The summed E-state index contributed by atoms with van der Waals surface area (Å²) in [5.74, 6) is 0. The second-order valence-electron chi connectivity index (χ2n) is 3.09. The van der Waals surface area contributed by atoms with Crippen LogP contribution in [0.25, 0.3) is 0 Å². The molecule has 0 N–H and O–H groups in total. The fourth-order valence-corrected chi connectivity index (χ4v) is 3.43. The van der Waals surface area contributed by atoms with Crippen LogP contribution < -0.4 is 4.90 Å². The van der Waals surface area contributed by atoms with Crippen molar-refractivity contribution in [1.29, 1.82) is 0 Å². The fourth-order valence-electron chi connectivity index (χ4n) is 1.32. The van der Waals surface area contributed by atoms with Gasteiger partial charge >= 0.3 is 0 Å². The summed E-state index contributed by atoms with van der Waals surface area (Å²) in [7, 11) is 2.13. The molecule has 0 saturated heterocycles. The van der Waals surface area contributed by atoms with E-state index in [1.165, 1.54) is 21.2 Å². The van der Waals surface area contributed by atoms with Gasteiger partial charge in [0.25, 0.3) is 0 Å². The lowest BCUT2D eigenvalue weighted by Gasteiger charge is -2.13. The van der Waals surface area contributed by atoms with Gasteiger partial charge in [0.1, 0.15) is 0 Å². The van der Waals surface area contributed by atoms with Crippen molar-refractivity contribution in [1.82, 2.24) is 0 Å². The second-order valence-corrected chi connectivity index (χ2v) is 4.86. The second kappa shape index (κ2) is 2.82. The van der Waals surface area contributed by atoms with Crippen LogP contribution in [0, 0.1) is 0 Å². The molecule has 0 amide bonds. The smallest absolute Gasteiger partial charge is 0.0785 e. The van der Waals surface area contributed by atoms with E-state index in [-0.39, 0.29) is 0 Å². The van der Waals surface area contributed by atoms with E-state index in [0.29, 0.717) is 0 Å². The van der Waals surface area contributed by atoms with Gasteiger partial charge in [-0.25, -0.2) is 0 Å². The molecule has 1 aromatic heterocycles. The average molecular weight is 197 g/mol. The van der Waals surface area contributed by atoms with Crippen molar-refractivity contribution in [3.8, 4) is 0 Å². The van der Waals surface area contributed by atoms with Gasteiger partial charge < -0.3 is 4.90 Å². The quantitative estimate of drug-likeness (QED) is 0.626. The molecule has 0 spiro atoms. The Balaban J connectivity index is 2.46. The van der Waals surface area contributed by atoms with Gasteiger partial charge in [-0.3, -0.25) is 0 Å². The van der Waals surface area contributed by atoms with Crippen LogP contribution in [-0.4, -0.2) is 7.05 Å². The van der Waals surface area contributed by atoms with Gasteiger partial charge in [0.15, 0.2) is 0 Å². The molecule has 0 aliphatic carbocycles. The van der Waals surface area contributed by atoms with Crippen LogP contribution in [0.15, 0.2) is 26.3 Å². The lowest BCUT2D eigenvalue weighted by Crippen LogP contribution is -2.09. The highest BCUT2D eigenvalue weighted by molar-refractivity contribution is 8.03. The predicted octanol–water partition coefficient (Wildman–Crippen LogP) is 3.54. The Bertz CT molecular complexity index is 334. The van der Waals surface area contributed by atoms with Gasteiger partial charge in [-0.05, 0) is 19.4 Å². The number of thiophene rings is 1. The summed E-state index contributed by atoms with van der Waals surface area (Å²) in [4.78, 5) is 3.67. The van der Waals surface area contributed by atoms with Crippen molar-refractivity contribution in [3.63, 3.8) is 0 Å². The van der Waals surface area contributed by atoms with Crippen LogP contribution in [0.4, 0.5) is 5.69 Å². The molecule has 0 aromatic carbocycles. The molecule has 0 saturated carbocycles. The zero-order valence-corrected chi connectivity index (χ0v) is 9.05. The topological polar surface area (TPSA) is 3.24 Å². The Labute approximate surface area is 81.1 Å². The van der Waals surface area contributed by atoms with E-state index in [1.807, 2.05) is 11.8 Å². The first-order valence-corrected chi connectivity index (χ1v) is 5.61. The zero-order valence-electron chi connectivity index (χ0n) is 7.42. The fraction of sp³-hybridized carbons (Fsp3) is 0.333. The first kappa shape index (κ1) is 8.20.